The molecule has 7 heteroatoms. The van der Waals surface area contributed by atoms with E-state index >= 15 is 0 Å². The Morgan fingerprint density at radius 3 is 2.70 bits per heavy atom. The number of rotatable bonds is 5. The SMILES string of the molecule is CC(O)(CNC(=O)C(=O)Nc1cccc(Cl)c1)Cc1ccco1. The Morgan fingerprint density at radius 2 is 2.04 bits per heavy atom. The highest BCUT2D eigenvalue weighted by Crippen LogP contribution is 2.15. The van der Waals surface area contributed by atoms with Gasteiger partial charge in [-0.2, -0.15) is 0 Å². The second kappa shape index (κ2) is 7.30. The molecule has 2 rings (SSSR count). The van der Waals surface area contributed by atoms with Crippen molar-refractivity contribution in [3.8, 4) is 0 Å². The smallest absolute Gasteiger partial charge is 0.313 e. The Balaban J connectivity index is 1.84. The van der Waals surface area contributed by atoms with Gasteiger partial charge in [-0.25, -0.2) is 0 Å². The van der Waals surface area contributed by atoms with Gasteiger partial charge in [0.1, 0.15) is 5.76 Å². The first-order chi connectivity index (χ1) is 10.9. The quantitative estimate of drug-likeness (QED) is 0.728. The fraction of sp³-hybridized carbons (Fsp3) is 0.250. The van der Waals surface area contributed by atoms with Gasteiger partial charge in [-0.3, -0.25) is 9.59 Å². The van der Waals surface area contributed by atoms with E-state index in [-0.39, 0.29) is 13.0 Å². The molecule has 0 aliphatic rings. The zero-order valence-corrected chi connectivity index (χ0v) is 13.3. The standard InChI is InChI=1S/C16H17ClN2O4/c1-16(22,9-13-6-3-7-23-13)10-18-14(20)15(21)19-12-5-2-4-11(17)8-12/h2-8,22H,9-10H2,1H3,(H,18,20)(H,19,21). The molecule has 0 radical (unpaired) electrons. The lowest BCUT2D eigenvalue weighted by atomic mass is 10.0. The van der Waals surface area contributed by atoms with Crippen molar-refractivity contribution >= 4 is 29.1 Å². The average molecular weight is 337 g/mol. The molecular weight excluding hydrogens is 320 g/mol. The Hall–Kier alpha value is -2.31. The van der Waals surface area contributed by atoms with Crippen LogP contribution in [0.4, 0.5) is 5.69 Å². The van der Waals surface area contributed by atoms with E-state index < -0.39 is 17.4 Å². The summed E-state index contributed by atoms with van der Waals surface area (Å²) >= 11 is 5.80. The van der Waals surface area contributed by atoms with Crippen LogP contribution in [-0.4, -0.2) is 29.1 Å². The largest absolute Gasteiger partial charge is 0.469 e. The number of anilines is 1. The highest BCUT2D eigenvalue weighted by molar-refractivity contribution is 6.39. The van der Waals surface area contributed by atoms with Crippen LogP contribution >= 0.6 is 11.6 Å². The molecule has 2 aromatic rings. The summed E-state index contributed by atoms with van der Waals surface area (Å²) in [7, 11) is 0. The zero-order chi connectivity index (χ0) is 16.9. The number of halogens is 1. The maximum absolute atomic E-state index is 11.8. The summed E-state index contributed by atoms with van der Waals surface area (Å²) in [5.74, 6) is -1.08. The van der Waals surface area contributed by atoms with Crippen molar-refractivity contribution in [1.29, 1.82) is 0 Å². The summed E-state index contributed by atoms with van der Waals surface area (Å²) in [4.78, 5) is 23.6. The van der Waals surface area contributed by atoms with Gasteiger partial charge in [0.05, 0.1) is 11.9 Å². The molecule has 6 nitrogen and oxygen atoms in total. The van der Waals surface area contributed by atoms with Crippen LogP contribution in [0, 0.1) is 0 Å². The molecule has 0 saturated carbocycles. The molecule has 2 amide bonds. The first-order valence-electron chi connectivity index (χ1n) is 6.95. The highest BCUT2D eigenvalue weighted by atomic mass is 35.5. The molecule has 1 aromatic carbocycles. The van der Waals surface area contributed by atoms with Gasteiger partial charge in [0, 0.05) is 23.7 Å². The fourth-order valence-electron chi connectivity index (χ4n) is 1.96. The van der Waals surface area contributed by atoms with Gasteiger partial charge >= 0.3 is 11.8 Å². The first-order valence-corrected chi connectivity index (χ1v) is 7.33. The van der Waals surface area contributed by atoms with Crippen LogP contribution < -0.4 is 10.6 Å². The second-order valence-corrected chi connectivity index (χ2v) is 5.84. The number of benzene rings is 1. The minimum atomic E-state index is -1.23. The van der Waals surface area contributed by atoms with Crippen LogP contribution in [-0.2, 0) is 16.0 Å². The number of furan rings is 1. The van der Waals surface area contributed by atoms with E-state index in [9.17, 15) is 14.7 Å². The van der Waals surface area contributed by atoms with Crippen molar-refractivity contribution in [1.82, 2.24) is 5.32 Å². The molecule has 0 fully saturated rings. The third-order valence-corrected chi connectivity index (χ3v) is 3.29. The fourth-order valence-corrected chi connectivity index (χ4v) is 2.15. The third kappa shape index (κ3) is 5.43. The molecule has 1 unspecified atom stereocenters. The Labute approximate surface area is 138 Å². The van der Waals surface area contributed by atoms with Crippen molar-refractivity contribution in [2.75, 3.05) is 11.9 Å². The average Bonchev–Trinajstić information content (AvgIpc) is 2.97. The molecule has 3 N–H and O–H groups in total. The van der Waals surface area contributed by atoms with E-state index in [0.717, 1.165) is 0 Å². The van der Waals surface area contributed by atoms with E-state index in [1.807, 2.05) is 0 Å². The topological polar surface area (TPSA) is 91.6 Å². The maximum Gasteiger partial charge on any atom is 0.313 e. The van der Waals surface area contributed by atoms with E-state index in [4.69, 9.17) is 16.0 Å². The molecule has 1 atom stereocenters. The number of amides is 2. The zero-order valence-electron chi connectivity index (χ0n) is 12.5. The van der Waals surface area contributed by atoms with Gasteiger partial charge < -0.3 is 20.2 Å². The first kappa shape index (κ1) is 17.1. The Morgan fingerprint density at radius 1 is 1.26 bits per heavy atom. The normalized spacial score (nSPS) is 13.2. The predicted octanol–water partition coefficient (Wildman–Crippen LogP) is 1.98. The molecule has 1 aromatic heterocycles. The number of carbonyl (C=O) groups excluding carboxylic acids is 2. The third-order valence-electron chi connectivity index (χ3n) is 3.05. The maximum atomic E-state index is 11.8. The molecule has 0 aliphatic heterocycles. The lowest BCUT2D eigenvalue weighted by Crippen LogP contribution is -2.45. The minimum Gasteiger partial charge on any atom is -0.469 e. The monoisotopic (exact) mass is 336 g/mol. The van der Waals surface area contributed by atoms with E-state index in [1.165, 1.54) is 12.3 Å². The lowest BCUT2D eigenvalue weighted by Gasteiger charge is -2.22. The Bertz CT molecular complexity index is 683. The van der Waals surface area contributed by atoms with Crippen molar-refractivity contribution in [3.05, 3.63) is 53.4 Å². The van der Waals surface area contributed by atoms with Crippen molar-refractivity contribution in [2.45, 2.75) is 18.9 Å². The summed E-state index contributed by atoms with van der Waals surface area (Å²) in [6.07, 6.45) is 1.72. The van der Waals surface area contributed by atoms with E-state index in [2.05, 4.69) is 10.6 Å². The minimum absolute atomic E-state index is 0.0878. The van der Waals surface area contributed by atoms with E-state index in [0.29, 0.717) is 16.5 Å². The number of aliphatic hydroxyl groups is 1. The van der Waals surface area contributed by atoms with Crippen LogP contribution in [0.1, 0.15) is 12.7 Å². The molecule has 0 bridgehead atoms. The van der Waals surface area contributed by atoms with Gasteiger partial charge in [-0.15, -0.1) is 0 Å². The second-order valence-electron chi connectivity index (χ2n) is 5.40. The van der Waals surface area contributed by atoms with Crippen LogP contribution in [0.15, 0.2) is 47.1 Å². The molecule has 23 heavy (non-hydrogen) atoms. The van der Waals surface area contributed by atoms with Crippen molar-refractivity contribution < 1.29 is 19.1 Å². The molecule has 1 heterocycles. The van der Waals surface area contributed by atoms with Gasteiger partial charge in [-0.05, 0) is 37.3 Å². The summed E-state index contributed by atoms with van der Waals surface area (Å²) in [6.45, 7) is 1.46. The predicted molar refractivity (Wildman–Crippen MR) is 86.1 cm³/mol. The summed E-state index contributed by atoms with van der Waals surface area (Å²) in [5, 5.41) is 15.5. The Kier molecular flexibility index (Phi) is 5.41. The molecule has 0 saturated heterocycles. The molecular formula is C16H17ClN2O4. The van der Waals surface area contributed by atoms with Crippen LogP contribution in [0.5, 0.6) is 0 Å². The van der Waals surface area contributed by atoms with Crippen LogP contribution in [0.25, 0.3) is 0 Å². The molecule has 0 aliphatic carbocycles. The number of nitrogens with one attached hydrogen (secondary N) is 2. The number of hydrogen-bond acceptors (Lipinski definition) is 4. The van der Waals surface area contributed by atoms with Gasteiger partial charge in [-0.1, -0.05) is 17.7 Å². The van der Waals surface area contributed by atoms with Crippen LogP contribution in [0.2, 0.25) is 5.02 Å². The summed E-state index contributed by atoms with van der Waals surface area (Å²) in [6, 6.07) is 9.89. The van der Waals surface area contributed by atoms with Crippen LogP contribution in [0.3, 0.4) is 0 Å². The lowest BCUT2D eigenvalue weighted by molar-refractivity contribution is -0.136. The van der Waals surface area contributed by atoms with Crippen molar-refractivity contribution in [2.24, 2.45) is 0 Å². The van der Waals surface area contributed by atoms with Gasteiger partial charge in [0.25, 0.3) is 0 Å². The summed E-state index contributed by atoms with van der Waals surface area (Å²) < 4.78 is 5.15. The van der Waals surface area contributed by atoms with Gasteiger partial charge in [0.15, 0.2) is 0 Å². The molecule has 0 spiro atoms. The number of hydrogen-bond donors (Lipinski definition) is 3. The van der Waals surface area contributed by atoms with E-state index in [1.54, 1.807) is 37.3 Å². The van der Waals surface area contributed by atoms with Crippen molar-refractivity contribution in [3.63, 3.8) is 0 Å². The van der Waals surface area contributed by atoms with Gasteiger partial charge in [0.2, 0.25) is 0 Å². The summed E-state index contributed by atoms with van der Waals surface area (Å²) in [5.41, 5.74) is -0.816. The highest BCUT2D eigenvalue weighted by Gasteiger charge is 2.25. The molecule has 122 valence electrons. The number of carbonyl (C=O) groups is 2.